The molecule has 0 heterocycles. The Labute approximate surface area is 107 Å². The highest BCUT2D eigenvalue weighted by Gasteiger charge is 2.04. The molecule has 0 unspecified atom stereocenters. The minimum atomic E-state index is -0.330. The summed E-state index contributed by atoms with van der Waals surface area (Å²) in [6.07, 6.45) is 3.65. The summed E-state index contributed by atoms with van der Waals surface area (Å²) in [7, 11) is 3.34. The van der Waals surface area contributed by atoms with Crippen molar-refractivity contribution < 1.29 is 13.9 Å². The average Bonchev–Trinajstić information content (AvgIpc) is 2.37. The standard InChI is InChI=1S/C14H18FNO2/c1-16(10-5-11-18-2)14(17)9-8-12-6-3-4-7-13(12)15/h3-4,6-9H,5,10-11H2,1-2H3/b9-8+. The first-order valence-corrected chi connectivity index (χ1v) is 5.82. The predicted octanol–water partition coefficient (Wildman–Crippen LogP) is 2.33. The molecule has 1 aromatic carbocycles. The minimum Gasteiger partial charge on any atom is -0.385 e. The second-order valence-electron chi connectivity index (χ2n) is 3.96. The molecule has 1 rings (SSSR count). The van der Waals surface area contributed by atoms with Gasteiger partial charge in [0, 0.05) is 38.9 Å². The molecule has 0 atom stereocenters. The number of halogens is 1. The fourth-order valence-corrected chi connectivity index (χ4v) is 1.45. The van der Waals surface area contributed by atoms with E-state index in [4.69, 9.17) is 4.74 Å². The Balaban J connectivity index is 2.51. The van der Waals surface area contributed by atoms with Crippen LogP contribution in [0.3, 0.4) is 0 Å². The Hall–Kier alpha value is -1.68. The highest BCUT2D eigenvalue weighted by molar-refractivity contribution is 5.91. The van der Waals surface area contributed by atoms with Gasteiger partial charge in [0.05, 0.1) is 0 Å². The van der Waals surface area contributed by atoms with E-state index in [1.807, 2.05) is 0 Å². The van der Waals surface area contributed by atoms with E-state index in [1.165, 1.54) is 18.2 Å². The molecule has 18 heavy (non-hydrogen) atoms. The van der Waals surface area contributed by atoms with Crippen LogP contribution in [0.4, 0.5) is 4.39 Å². The zero-order valence-corrected chi connectivity index (χ0v) is 10.7. The van der Waals surface area contributed by atoms with E-state index >= 15 is 0 Å². The number of methoxy groups -OCH3 is 1. The third kappa shape index (κ3) is 4.67. The molecule has 0 aliphatic rings. The molecule has 4 heteroatoms. The number of nitrogens with zero attached hydrogens (tertiary/aromatic N) is 1. The Bertz CT molecular complexity index is 418. The van der Waals surface area contributed by atoms with Crippen LogP contribution in [0.5, 0.6) is 0 Å². The molecule has 3 nitrogen and oxygen atoms in total. The summed E-state index contributed by atoms with van der Waals surface area (Å²) in [5, 5.41) is 0. The van der Waals surface area contributed by atoms with Crippen LogP contribution in [0.1, 0.15) is 12.0 Å². The van der Waals surface area contributed by atoms with Gasteiger partial charge in [-0.2, -0.15) is 0 Å². The number of likely N-dealkylation sites (N-methyl/N-ethyl adjacent to an activating group) is 1. The average molecular weight is 251 g/mol. The maximum atomic E-state index is 13.3. The second kappa shape index (κ2) is 7.61. The molecule has 0 bridgehead atoms. The van der Waals surface area contributed by atoms with Crippen LogP contribution >= 0.6 is 0 Å². The van der Waals surface area contributed by atoms with Gasteiger partial charge in [-0.05, 0) is 18.6 Å². The normalized spacial score (nSPS) is 10.8. The highest BCUT2D eigenvalue weighted by Crippen LogP contribution is 2.08. The van der Waals surface area contributed by atoms with Gasteiger partial charge >= 0.3 is 0 Å². The fourth-order valence-electron chi connectivity index (χ4n) is 1.45. The van der Waals surface area contributed by atoms with Gasteiger partial charge < -0.3 is 9.64 Å². The first-order valence-electron chi connectivity index (χ1n) is 5.82. The lowest BCUT2D eigenvalue weighted by Gasteiger charge is -2.14. The van der Waals surface area contributed by atoms with E-state index in [-0.39, 0.29) is 11.7 Å². The summed E-state index contributed by atoms with van der Waals surface area (Å²) in [4.78, 5) is 13.3. The van der Waals surface area contributed by atoms with Gasteiger partial charge in [0.2, 0.25) is 5.91 Å². The van der Waals surface area contributed by atoms with Gasteiger partial charge in [0.1, 0.15) is 5.82 Å². The fraction of sp³-hybridized carbons (Fsp3) is 0.357. The van der Waals surface area contributed by atoms with Crippen LogP contribution in [0.15, 0.2) is 30.3 Å². The van der Waals surface area contributed by atoms with Crippen LogP contribution in [-0.4, -0.2) is 38.1 Å². The largest absolute Gasteiger partial charge is 0.385 e. The van der Waals surface area contributed by atoms with Crippen molar-refractivity contribution in [3.63, 3.8) is 0 Å². The molecule has 0 aromatic heterocycles. The number of hydrogen-bond acceptors (Lipinski definition) is 2. The van der Waals surface area contributed by atoms with Crippen molar-refractivity contribution in [3.8, 4) is 0 Å². The van der Waals surface area contributed by atoms with E-state index < -0.39 is 0 Å². The predicted molar refractivity (Wildman–Crippen MR) is 69.6 cm³/mol. The molecule has 0 saturated heterocycles. The lowest BCUT2D eigenvalue weighted by Crippen LogP contribution is -2.26. The van der Waals surface area contributed by atoms with Crippen LogP contribution in [0.25, 0.3) is 6.08 Å². The summed E-state index contributed by atoms with van der Waals surface area (Å²) < 4.78 is 18.2. The van der Waals surface area contributed by atoms with Crippen molar-refractivity contribution in [2.75, 3.05) is 27.3 Å². The van der Waals surface area contributed by atoms with Crippen molar-refractivity contribution in [3.05, 3.63) is 41.7 Å². The number of ether oxygens (including phenoxy) is 1. The molecule has 0 spiro atoms. The van der Waals surface area contributed by atoms with Gasteiger partial charge in [-0.3, -0.25) is 4.79 Å². The Kier molecular flexibility index (Phi) is 6.08. The third-order valence-corrected chi connectivity index (χ3v) is 2.53. The quantitative estimate of drug-likeness (QED) is 0.573. The molecule has 0 aliphatic heterocycles. The number of hydrogen-bond donors (Lipinski definition) is 0. The number of amides is 1. The summed E-state index contributed by atoms with van der Waals surface area (Å²) in [5.41, 5.74) is 0.413. The first-order chi connectivity index (χ1) is 8.65. The third-order valence-electron chi connectivity index (χ3n) is 2.53. The molecular formula is C14H18FNO2. The molecule has 98 valence electrons. The van der Waals surface area contributed by atoms with Crippen LogP contribution in [-0.2, 0) is 9.53 Å². The molecule has 0 saturated carbocycles. The topological polar surface area (TPSA) is 29.5 Å². The zero-order valence-electron chi connectivity index (χ0n) is 10.7. The molecule has 0 radical (unpaired) electrons. The lowest BCUT2D eigenvalue weighted by molar-refractivity contribution is -0.124. The monoisotopic (exact) mass is 251 g/mol. The molecule has 0 aliphatic carbocycles. The van der Waals surface area contributed by atoms with Crippen molar-refractivity contribution in [1.82, 2.24) is 4.90 Å². The van der Waals surface area contributed by atoms with Gasteiger partial charge in [-0.15, -0.1) is 0 Å². The summed E-state index contributed by atoms with van der Waals surface area (Å²) in [5.74, 6) is -0.474. The van der Waals surface area contributed by atoms with E-state index in [0.717, 1.165) is 6.42 Å². The number of carbonyl (C=O) groups is 1. The van der Waals surface area contributed by atoms with Crippen molar-refractivity contribution in [2.45, 2.75) is 6.42 Å². The van der Waals surface area contributed by atoms with Crippen molar-refractivity contribution in [1.29, 1.82) is 0 Å². The van der Waals surface area contributed by atoms with E-state index in [0.29, 0.717) is 18.7 Å². The van der Waals surface area contributed by atoms with Crippen LogP contribution in [0, 0.1) is 5.82 Å². The summed E-state index contributed by atoms with van der Waals surface area (Å²) >= 11 is 0. The smallest absolute Gasteiger partial charge is 0.246 e. The van der Waals surface area contributed by atoms with Crippen molar-refractivity contribution in [2.24, 2.45) is 0 Å². The van der Waals surface area contributed by atoms with Gasteiger partial charge in [-0.1, -0.05) is 18.2 Å². The summed E-state index contributed by atoms with van der Waals surface area (Å²) in [6, 6.07) is 6.34. The molecular weight excluding hydrogens is 233 g/mol. The van der Waals surface area contributed by atoms with Crippen LogP contribution in [0.2, 0.25) is 0 Å². The molecule has 0 fully saturated rings. The SMILES string of the molecule is COCCCN(C)C(=O)/C=C/c1ccccc1F. The zero-order chi connectivity index (χ0) is 13.4. The molecule has 0 N–H and O–H groups in total. The summed E-state index contributed by atoms with van der Waals surface area (Å²) in [6.45, 7) is 1.24. The Morgan fingerprint density at radius 3 is 2.83 bits per heavy atom. The van der Waals surface area contributed by atoms with Crippen molar-refractivity contribution >= 4 is 12.0 Å². The van der Waals surface area contributed by atoms with E-state index in [2.05, 4.69) is 0 Å². The Morgan fingerprint density at radius 2 is 2.17 bits per heavy atom. The molecule has 1 aromatic rings. The highest BCUT2D eigenvalue weighted by atomic mass is 19.1. The molecule has 1 amide bonds. The maximum Gasteiger partial charge on any atom is 0.246 e. The minimum absolute atomic E-state index is 0.144. The van der Waals surface area contributed by atoms with Gasteiger partial charge in [-0.25, -0.2) is 4.39 Å². The second-order valence-corrected chi connectivity index (χ2v) is 3.96. The van der Waals surface area contributed by atoms with Crippen LogP contribution < -0.4 is 0 Å². The number of carbonyl (C=O) groups excluding carboxylic acids is 1. The first kappa shape index (κ1) is 14.4. The lowest BCUT2D eigenvalue weighted by atomic mass is 10.2. The number of rotatable bonds is 6. The van der Waals surface area contributed by atoms with Gasteiger partial charge in [0.25, 0.3) is 0 Å². The van der Waals surface area contributed by atoms with E-state index in [1.54, 1.807) is 37.3 Å². The maximum absolute atomic E-state index is 13.3. The van der Waals surface area contributed by atoms with Gasteiger partial charge in [0.15, 0.2) is 0 Å². The number of benzene rings is 1. The Morgan fingerprint density at radius 1 is 1.44 bits per heavy atom. The van der Waals surface area contributed by atoms with E-state index in [9.17, 15) is 9.18 Å².